The molecular formula is C28H30N4O4S2. The zero-order valence-electron chi connectivity index (χ0n) is 21.6. The minimum absolute atomic E-state index is 0.0861. The number of carbonyl (C=O) groups excluding carboxylic acids is 1. The first-order valence-electron chi connectivity index (χ1n) is 12.5. The van der Waals surface area contributed by atoms with Gasteiger partial charge in [0, 0.05) is 32.0 Å². The Balaban J connectivity index is 1.44. The molecular weight excluding hydrogens is 520 g/mol. The topological polar surface area (TPSA) is 92.7 Å². The summed E-state index contributed by atoms with van der Waals surface area (Å²) in [5, 5.41) is 0.567. The van der Waals surface area contributed by atoms with Crippen LogP contribution in [-0.4, -0.2) is 54.9 Å². The molecule has 0 aliphatic carbocycles. The maximum Gasteiger partial charge on any atom is 0.260 e. The van der Waals surface area contributed by atoms with E-state index in [0.29, 0.717) is 23.8 Å². The number of anilines is 1. The summed E-state index contributed by atoms with van der Waals surface area (Å²) >= 11 is 1.45. The average molecular weight is 551 g/mol. The van der Waals surface area contributed by atoms with Crippen molar-refractivity contribution in [1.82, 2.24) is 14.3 Å². The van der Waals surface area contributed by atoms with Crippen molar-refractivity contribution in [2.75, 3.05) is 25.1 Å². The van der Waals surface area contributed by atoms with E-state index in [-0.39, 0.29) is 23.5 Å². The van der Waals surface area contributed by atoms with Crippen molar-refractivity contribution in [3.05, 3.63) is 83.2 Å². The lowest BCUT2D eigenvalue weighted by Crippen LogP contribution is -2.34. The molecule has 4 aromatic rings. The molecule has 0 N–H and O–H groups in total. The molecule has 198 valence electrons. The molecule has 1 aliphatic heterocycles. The molecule has 10 heteroatoms. The van der Waals surface area contributed by atoms with Crippen LogP contribution >= 0.6 is 11.3 Å². The van der Waals surface area contributed by atoms with Crippen molar-refractivity contribution < 1.29 is 17.9 Å². The average Bonchev–Trinajstić information content (AvgIpc) is 3.60. The lowest BCUT2D eigenvalue weighted by Gasteiger charge is -2.21. The number of benzene rings is 2. The van der Waals surface area contributed by atoms with Crippen LogP contribution in [0.25, 0.3) is 10.2 Å². The Morgan fingerprint density at radius 3 is 2.58 bits per heavy atom. The van der Waals surface area contributed by atoms with Crippen LogP contribution in [-0.2, 0) is 21.3 Å². The first-order valence-corrected chi connectivity index (χ1v) is 14.8. The summed E-state index contributed by atoms with van der Waals surface area (Å²) in [6.45, 7) is 5.27. The van der Waals surface area contributed by atoms with Gasteiger partial charge in [0.15, 0.2) is 5.13 Å². The molecule has 1 atom stereocenters. The highest BCUT2D eigenvalue weighted by Gasteiger charge is 2.27. The van der Waals surface area contributed by atoms with Gasteiger partial charge >= 0.3 is 0 Å². The quantitative estimate of drug-likeness (QED) is 0.308. The van der Waals surface area contributed by atoms with Crippen molar-refractivity contribution in [3.63, 3.8) is 0 Å². The van der Waals surface area contributed by atoms with Crippen molar-refractivity contribution in [2.24, 2.45) is 0 Å². The van der Waals surface area contributed by atoms with Gasteiger partial charge in [-0.25, -0.2) is 13.4 Å². The van der Waals surface area contributed by atoms with Crippen molar-refractivity contribution in [1.29, 1.82) is 0 Å². The van der Waals surface area contributed by atoms with Gasteiger partial charge in [-0.2, -0.15) is 4.31 Å². The van der Waals surface area contributed by atoms with Gasteiger partial charge in [0.25, 0.3) is 5.91 Å². The fraction of sp³-hybridized carbons (Fsp3) is 0.321. The number of pyridine rings is 1. The van der Waals surface area contributed by atoms with Gasteiger partial charge in [-0.05, 0) is 80.3 Å². The molecule has 0 spiro atoms. The summed E-state index contributed by atoms with van der Waals surface area (Å²) in [6, 6.07) is 15.7. The molecule has 1 aliphatic rings. The highest BCUT2D eigenvalue weighted by atomic mass is 32.2. The molecule has 38 heavy (non-hydrogen) atoms. The Bertz CT molecular complexity index is 1550. The number of carbonyl (C=O) groups is 1. The second kappa shape index (κ2) is 10.9. The number of thiazole rings is 1. The molecule has 1 saturated heterocycles. The van der Waals surface area contributed by atoms with E-state index in [9.17, 15) is 13.2 Å². The Morgan fingerprint density at radius 2 is 1.89 bits per heavy atom. The second-order valence-electron chi connectivity index (χ2n) is 9.51. The summed E-state index contributed by atoms with van der Waals surface area (Å²) < 4.78 is 34.1. The number of amides is 1. The maximum atomic E-state index is 13.8. The number of hydrogen-bond acceptors (Lipinski definition) is 7. The number of hydrogen-bond donors (Lipinski definition) is 0. The molecule has 1 amide bonds. The van der Waals surface area contributed by atoms with Crippen molar-refractivity contribution in [3.8, 4) is 0 Å². The smallest absolute Gasteiger partial charge is 0.260 e. The van der Waals surface area contributed by atoms with Crippen LogP contribution in [0.1, 0.15) is 40.0 Å². The molecule has 1 unspecified atom stereocenters. The molecule has 2 aromatic heterocycles. The number of fused-ring (bicyclic) bond motifs is 1. The minimum atomic E-state index is -3.71. The number of aryl methyl sites for hydroxylation is 2. The third-order valence-corrected chi connectivity index (χ3v) is 9.77. The van der Waals surface area contributed by atoms with Crippen LogP contribution in [0, 0.1) is 13.8 Å². The van der Waals surface area contributed by atoms with Crippen molar-refractivity contribution >= 4 is 42.6 Å². The SMILES string of the molecule is Cc1ccc2sc(N(Cc3ccccn3)C(=O)c3ccc(S(=O)(=O)N(C)CC4CCCO4)cc3)nc2c1C. The molecule has 3 heterocycles. The summed E-state index contributed by atoms with van der Waals surface area (Å²) in [5.41, 5.74) is 4.19. The number of likely N-dealkylation sites (N-methyl/N-ethyl adjacent to an activating group) is 1. The Hall–Kier alpha value is -3.18. The van der Waals surface area contributed by atoms with E-state index in [0.717, 1.165) is 39.9 Å². The van der Waals surface area contributed by atoms with Crippen LogP contribution in [0.4, 0.5) is 5.13 Å². The van der Waals surface area contributed by atoms with E-state index in [1.165, 1.54) is 27.8 Å². The van der Waals surface area contributed by atoms with Crippen LogP contribution in [0.15, 0.2) is 65.7 Å². The van der Waals surface area contributed by atoms with Gasteiger partial charge in [-0.15, -0.1) is 0 Å². The van der Waals surface area contributed by atoms with E-state index >= 15 is 0 Å². The summed E-state index contributed by atoms with van der Waals surface area (Å²) in [5.74, 6) is -0.277. The van der Waals surface area contributed by atoms with E-state index in [1.807, 2.05) is 38.1 Å². The normalized spacial score (nSPS) is 15.8. The monoisotopic (exact) mass is 550 g/mol. The number of rotatable bonds is 8. The number of sulfonamides is 1. The van der Waals surface area contributed by atoms with Gasteiger partial charge in [0.2, 0.25) is 10.0 Å². The Kier molecular flexibility index (Phi) is 7.58. The van der Waals surface area contributed by atoms with Crippen LogP contribution in [0.3, 0.4) is 0 Å². The maximum absolute atomic E-state index is 13.8. The zero-order valence-corrected chi connectivity index (χ0v) is 23.3. The lowest BCUT2D eigenvalue weighted by atomic mass is 10.1. The van der Waals surface area contributed by atoms with Gasteiger partial charge < -0.3 is 4.74 Å². The van der Waals surface area contributed by atoms with Gasteiger partial charge in [0.05, 0.1) is 33.5 Å². The number of aromatic nitrogens is 2. The number of nitrogens with zero attached hydrogens (tertiary/aromatic N) is 4. The molecule has 5 rings (SSSR count). The second-order valence-corrected chi connectivity index (χ2v) is 12.6. The fourth-order valence-corrected chi connectivity index (χ4v) is 6.71. The summed E-state index contributed by atoms with van der Waals surface area (Å²) in [7, 11) is -2.15. The summed E-state index contributed by atoms with van der Waals surface area (Å²) in [6.07, 6.45) is 3.40. The van der Waals surface area contributed by atoms with Crippen molar-refractivity contribution in [2.45, 2.75) is 44.2 Å². The fourth-order valence-electron chi connectivity index (χ4n) is 4.49. The number of ether oxygens (including phenoxy) is 1. The lowest BCUT2D eigenvalue weighted by molar-refractivity contribution is 0.0978. The third-order valence-electron chi connectivity index (χ3n) is 6.89. The predicted molar refractivity (Wildman–Crippen MR) is 149 cm³/mol. The molecule has 0 saturated carbocycles. The van der Waals surface area contributed by atoms with Crippen LogP contribution < -0.4 is 4.90 Å². The van der Waals surface area contributed by atoms with E-state index in [2.05, 4.69) is 11.1 Å². The molecule has 8 nitrogen and oxygen atoms in total. The van der Waals surface area contributed by atoms with E-state index < -0.39 is 10.0 Å². The van der Waals surface area contributed by atoms with Gasteiger partial charge in [-0.1, -0.05) is 23.5 Å². The molecule has 0 radical (unpaired) electrons. The highest BCUT2D eigenvalue weighted by molar-refractivity contribution is 7.89. The Labute approximate surface area is 227 Å². The minimum Gasteiger partial charge on any atom is -0.377 e. The van der Waals surface area contributed by atoms with Gasteiger partial charge in [-0.3, -0.25) is 14.7 Å². The molecule has 0 bridgehead atoms. The Morgan fingerprint density at radius 1 is 1.11 bits per heavy atom. The molecule has 1 fully saturated rings. The highest BCUT2D eigenvalue weighted by Crippen LogP contribution is 2.33. The zero-order chi connectivity index (χ0) is 26.9. The van der Waals surface area contributed by atoms with Crippen LogP contribution in [0.2, 0.25) is 0 Å². The van der Waals surface area contributed by atoms with Crippen LogP contribution in [0.5, 0.6) is 0 Å². The first-order chi connectivity index (χ1) is 18.2. The largest absolute Gasteiger partial charge is 0.377 e. The standard InChI is InChI=1S/C28H30N4O4S2/c1-19-9-14-25-26(20(19)2)30-28(37-25)32(17-22-7-4-5-15-29-22)27(33)21-10-12-24(13-11-21)38(34,35)31(3)18-23-8-6-16-36-23/h4-5,7,9-15,23H,6,8,16-18H2,1-3H3. The van der Waals surface area contributed by atoms with E-state index in [1.54, 1.807) is 30.3 Å². The first kappa shape index (κ1) is 26.4. The summed E-state index contributed by atoms with van der Waals surface area (Å²) in [4.78, 5) is 24.8. The predicted octanol–water partition coefficient (Wildman–Crippen LogP) is 4.95. The molecule has 2 aromatic carbocycles. The van der Waals surface area contributed by atoms with E-state index in [4.69, 9.17) is 9.72 Å². The van der Waals surface area contributed by atoms with Gasteiger partial charge in [0.1, 0.15) is 0 Å². The third kappa shape index (κ3) is 5.35.